The van der Waals surface area contributed by atoms with E-state index < -0.39 is 83.3 Å². The van der Waals surface area contributed by atoms with E-state index in [2.05, 4.69) is 31.9 Å². The maximum atomic E-state index is 13.7. The Kier molecular flexibility index (Phi) is 64.2. The molecular formula is C89H141N7O29. The minimum atomic E-state index is -1.33. The molecule has 0 heterocycles. The molecule has 12 N–H and O–H groups in total. The zero-order chi connectivity index (χ0) is 91.9. The van der Waals surface area contributed by atoms with E-state index in [1.165, 1.54) is 31.2 Å². The lowest BCUT2D eigenvalue weighted by Gasteiger charge is -2.23. The number of rotatable bonds is 85. The first-order valence-corrected chi connectivity index (χ1v) is 44.1. The summed E-state index contributed by atoms with van der Waals surface area (Å²) in [6.07, 6.45) is 17.3. The van der Waals surface area contributed by atoms with Gasteiger partial charge in [0.25, 0.3) is 0 Å². The van der Waals surface area contributed by atoms with Crippen LogP contribution in [-0.2, 0) is 100 Å². The minimum absolute atomic E-state index is 0.0627. The Bertz CT molecular complexity index is 3450. The number of ketones is 5. The lowest BCUT2D eigenvalue weighted by atomic mass is 9.82. The number of benzene rings is 2. The van der Waals surface area contributed by atoms with Crippen molar-refractivity contribution in [3.63, 3.8) is 0 Å². The highest BCUT2D eigenvalue weighted by atomic mass is 16.5. The summed E-state index contributed by atoms with van der Waals surface area (Å²) in [5, 5.41) is 53.2. The summed E-state index contributed by atoms with van der Waals surface area (Å²) in [5.41, 5.74) is 5.33. The predicted octanol–water partition coefficient (Wildman–Crippen LogP) is 7.45. The van der Waals surface area contributed by atoms with Crippen LogP contribution in [0.1, 0.15) is 241 Å². The Labute approximate surface area is 734 Å². The van der Waals surface area contributed by atoms with Crippen LogP contribution >= 0.6 is 0 Å². The van der Waals surface area contributed by atoms with Crippen LogP contribution in [0.15, 0.2) is 48.5 Å². The first kappa shape index (κ1) is 112. The molecule has 36 heteroatoms. The number of amides is 6. The van der Waals surface area contributed by atoms with Gasteiger partial charge in [0.2, 0.25) is 35.4 Å². The molecule has 36 nitrogen and oxygen atoms in total. The molecule has 0 aliphatic rings. The van der Waals surface area contributed by atoms with Gasteiger partial charge in [0, 0.05) is 103 Å². The fourth-order valence-electron chi connectivity index (χ4n) is 12.5. The second-order valence-corrected chi connectivity index (χ2v) is 31.2. The quantitative estimate of drug-likeness (QED) is 0.0286. The summed E-state index contributed by atoms with van der Waals surface area (Å²) in [6, 6.07) is 11.3. The van der Waals surface area contributed by atoms with Crippen molar-refractivity contribution in [3.05, 3.63) is 59.7 Å². The molecule has 2 aromatic carbocycles. The molecule has 0 unspecified atom stereocenters. The summed E-state index contributed by atoms with van der Waals surface area (Å²) in [4.78, 5) is 184. The number of hydrogen-bond donors (Lipinski definition) is 11. The van der Waals surface area contributed by atoms with Crippen molar-refractivity contribution in [2.45, 2.75) is 231 Å². The van der Waals surface area contributed by atoms with Crippen LogP contribution in [0.25, 0.3) is 0 Å². The highest BCUT2D eigenvalue weighted by molar-refractivity contribution is 5.94. The molecule has 0 spiro atoms. The van der Waals surface area contributed by atoms with Gasteiger partial charge in [-0.15, -0.1) is 0 Å². The van der Waals surface area contributed by atoms with Gasteiger partial charge in [-0.05, 0) is 140 Å². The molecule has 6 amide bonds. The molecule has 0 radical (unpaired) electrons. The van der Waals surface area contributed by atoms with Crippen LogP contribution < -0.4 is 47.1 Å². The normalized spacial score (nSPS) is 12.2. The van der Waals surface area contributed by atoms with Gasteiger partial charge in [-0.1, -0.05) is 77.0 Å². The second-order valence-electron chi connectivity index (χ2n) is 31.2. The topological polar surface area (TPSA) is 527 Å². The number of unbranched alkanes of at least 4 members (excludes halogenated alkanes) is 14. The summed E-state index contributed by atoms with van der Waals surface area (Å²) >= 11 is 0. The van der Waals surface area contributed by atoms with Crippen LogP contribution in [0.5, 0.6) is 11.5 Å². The minimum Gasteiger partial charge on any atom is -0.494 e. The van der Waals surface area contributed by atoms with Crippen LogP contribution in [0.3, 0.4) is 0 Å². The summed E-state index contributed by atoms with van der Waals surface area (Å²) in [6.45, 7) is 7.18. The first-order chi connectivity index (χ1) is 60.0. The summed E-state index contributed by atoms with van der Waals surface area (Å²) in [5.74, 6) is -8.98. The number of hydrogen-bond acceptors (Lipinski definition) is 26. The molecular weight excluding hydrogens is 1630 g/mol. The highest BCUT2D eigenvalue weighted by Gasteiger charge is 2.31. The molecule has 0 aliphatic heterocycles. The number of aromatic carboxylic acids is 2. The van der Waals surface area contributed by atoms with Gasteiger partial charge in [0.1, 0.15) is 61.3 Å². The molecule has 0 aromatic heterocycles. The Morgan fingerprint density at radius 2 is 0.712 bits per heavy atom. The number of carbonyl (C=O) groups is 15. The fraction of sp³-hybridized carbons (Fsp3) is 0.697. The molecule has 4 atom stereocenters. The van der Waals surface area contributed by atoms with Crippen molar-refractivity contribution in [1.29, 1.82) is 0 Å². The smallest absolute Gasteiger partial charge is 0.335 e. The monoisotopic (exact) mass is 1770 g/mol. The first-order valence-electron chi connectivity index (χ1n) is 44.1. The third kappa shape index (κ3) is 62.5. The van der Waals surface area contributed by atoms with Gasteiger partial charge in [0.15, 0.2) is 11.6 Å². The third-order valence-electron chi connectivity index (χ3n) is 19.9. The average Bonchev–Trinajstić information content (AvgIpc) is 0.878. The number of nitrogens with one attached hydrogen (secondary N) is 6. The van der Waals surface area contributed by atoms with E-state index in [-0.39, 0.29) is 216 Å². The van der Waals surface area contributed by atoms with Crippen LogP contribution in [0.2, 0.25) is 0 Å². The molecule has 125 heavy (non-hydrogen) atoms. The molecule has 0 bridgehead atoms. The number of Topliss-reactive ketones (excluding diaryl/α,β-unsaturated/α-hetero) is 5. The van der Waals surface area contributed by atoms with Gasteiger partial charge in [-0.2, -0.15) is 0 Å². The Hall–Kier alpha value is -9.27. The zero-order valence-corrected chi connectivity index (χ0v) is 73.7. The number of carboxylic acids is 4. The maximum Gasteiger partial charge on any atom is 0.335 e. The van der Waals surface area contributed by atoms with E-state index >= 15 is 0 Å². The zero-order valence-electron chi connectivity index (χ0n) is 73.7. The molecule has 706 valence electrons. The van der Waals surface area contributed by atoms with E-state index in [0.29, 0.717) is 102 Å². The predicted molar refractivity (Wildman–Crippen MR) is 459 cm³/mol. The Morgan fingerprint density at radius 3 is 1.15 bits per heavy atom. The second kappa shape index (κ2) is 71.8. The number of carboxylic acid groups (broad SMARTS) is 4. The highest BCUT2D eigenvalue weighted by Crippen LogP contribution is 2.25. The third-order valence-corrected chi connectivity index (χ3v) is 19.9. The van der Waals surface area contributed by atoms with Crippen molar-refractivity contribution >= 4 is 88.2 Å². The van der Waals surface area contributed by atoms with Gasteiger partial charge in [-0.25, -0.2) is 14.4 Å². The number of ether oxygens (including phenoxy) is 10. The van der Waals surface area contributed by atoms with Crippen LogP contribution in [0.4, 0.5) is 0 Å². The summed E-state index contributed by atoms with van der Waals surface area (Å²) in [7, 11) is 0. The van der Waals surface area contributed by atoms with Crippen molar-refractivity contribution in [1.82, 2.24) is 31.9 Å². The van der Waals surface area contributed by atoms with E-state index in [1.54, 1.807) is 38.1 Å². The van der Waals surface area contributed by atoms with Crippen LogP contribution in [0, 0.1) is 17.8 Å². The van der Waals surface area contributed by atoms with Crippen molar-refractivity contribution in [3.8, 4) is 11.5 Å². The van der Waals surface area contributed by atoms with Crippen LogP contribution in [-0.4, -0.2) is 272 Å². The molecule has 0 saturated carbocycles. The largest absolute Gasteiger partial charge is 0.494 e. The van der Waals surface area contributed by atoms with E-state index in [0.717, 1.165) is 89.9 Å². The van der Waals surface area contributed by atoms with Crippen molar-refractivity contribution < 1.29 is 140 Å². The molecule has 0 fully saturated rings. The van der Waals surface area contributed by atoms with E-state index in [1.807, 2.05) is 0 Å². The fourth-order valence-corrected chi connectivity index (χ4v) is 12.5. The van der Waals surface area contributed by atoms with Gasteiger partial charge < -0.3 is 105 Å². The number of aliphatic carboxylic acids is 2. The lowest BCUT2D eigenvalue weighted by Crippen LogP contribution is -2.43. The maximum absolute atomic E-state index is 13.7. The Morgan fingerprint density at radius 1 is 0.328 bits per heavy atom. The molecule has 2 aromatic rings. The Balaban J connectivity index is 1.45. The molecule has 2 rings (SSSR count). The lowest BCUT2D eigenvalue weighted by molar-refractivity contribution is -0.145. The van der Waals surface area contributed by atoms with E-state index in [9.17, 15) is 82.1 Å². The van der Waals surface area contributed by atoms with Gasteiger partial charge in [-0.3, -0.25) is 57.5 Å². The average molecular weight is 1770 g/mol. The SMILES string of the molecule is CC(=O)[C@H](CCCCNC(=O)COCCOCCNC(=O)CC[C@H](NC(=O)COCCOCCCC(=O)CCCCCCCCCOc1ccc(C(=O)O)cc1)C(=O)O)CC(=O)[C@H](CCCCNC(=O)COCCOCCNC(=O)CC[C@H](CC(=O)COCCOCCNC(=O)CCCCCCCCCOc1ccc(C(=O)O)cc1)C(=O)O)CC(=O)C(C)(C)N. The molecule has 0 saturated heterocycles. The summed E-state index contributed by atoms with van der Waals surface area (Å²) < 4.78 is 54.7. The molecule has 0 aliphatic carbocycles. The standard InChI is InChI=1S/C89H141N7O29/c1-66(97)69(23-16-18-40-91-82(105)63-121-58-54-119-50-44-95-81(104)39-37-76(88(114)115)96-84(107)65-123-56-51-116-45-22-26-72(98)25-14-10-6-4-8-12-20-46-124-74-33-28-67(29-34-74)85(108)109)60-77(100)70(61-78(101)89(2,3)90)24-17-19-41-92-83(106)64-122-57-53-118-49-43-94-80(103)38-32-71(87(112)113)59-73(99)62-120-55-52-117-48-42-93-79(102)27-15-11-7-5-9-13-21-47-125-75-35-30-68(31-36-75)86(110)111/h28-31,33-36,69-71,76H,4-27,32,37-65,90H2,1-3H3,(H,91,105)(H,92,106)(H,93,102)(H,94,103)(H,95,104)(H,96,107)(H,108,109)(H,110,111)(H,112,113)(H,114,115)/t69-,70-,71-,76+/m1/s1. The van der Waals surface area contributed by atoms with Crippen molar-refractivity contribution in [2.75, 3.05) is 152 Å². The van der Waals surface area contributed by atoms with Gasteiger partial charge in [0.05, 0.1) is 108 Å². The van der Waals surface area contributed by atoms with Gasteiger partial charge >= 0.3 is 23.9 Å². The van der Waals surface area contributed by atoms with Crippen molar-refractivity contribution in [2.24, 2.45) is 23.5 Å². The number of carbonyl (C=O) groups excluding carboxylic acids is 11. The van der Waals surface area contributed by atoms with E-state index in [4.69, 9.17) is 63.3 Å². The number of nitrogens with two attached hydrogens (primary N) is 1.